The van der Waals surface area contributed by atoms with Crippen molar-refractivity contribution in [1.29, 1.82) is 0 Å². The largest absolute Gasteiger partial charge is 0.487 e. The predicted molar refractivity (Wildman–Crippen MR) is 151 cm³/mol. The van der Waals surface area contributed by atoms with E-state index in [1.54, 1.807) is 54.7 Å². The number of carbonyl (C=O) groups is 1. The summed E-state index contributed by atoms with van der Waals surface area (Å²) in [4.78, 5) is 13.0. The predicted octanol–water partition coefficient (Wildman–Crippen LogP) is 5.81. The topological polar surface area (TPSA) is 110 Å². The smallest absolute Gasteiger partial charge is 0.306 e. The van der Waals surface area contributed by atoms with Crippen molar-refractivity contribution in [3.8, 4) is 5.75 Å². The van der Waals surface area contributed by atoms with E-state index in [4.69, 9.17) is 9.47 Å². The van der Waals surface area contributed by atoms with Gasteiger partial charge in [0.1, 0.15) is 22.3 Å². The Labute approximate surface area is 234 Å². The lowest BCUT2D eigenvalue weighted by atomic mass is 9.86. The minimum absolute atomic E-state index is 0.0732. The van der Waals surface area contributed by atoms with Crippen LogP contribution in [-0.4, -0.2) is 53.6 Å². The molecule has 0 radical (unpaired) electrons. The van der Waals surface area contributed by atoms with Crippen LogP contribution >= 0.6 is 10.8 Å². The van der Waals surface area contributed by atoms with Crippen molar-refractivity contribution in [2.24, 2.45) is 7.05 Å². The van der Waals surface area contributed by atoms with E-state index in [1.165, 1.54) is 4.68 Å². The van der Waals surface area contributed by atoms with Crippen LogP contribution in [0, 0.1) is 12.7 Å². The normalized spacial score (nSPS) is 18.4. The van der Waals surface area contributed by atoms with E-state index in [0.29, 0.717) is 27.3 Å². The number of hydrogen-bond acceptors (Lipinski definition) is 8. The third kappa shape index (κ3) is 5.29. The van der Waals surface area contributed by atoms with Gasteiger partial charge in [-0.2, -0.15) is 4.31 Å². The standard InChI is InChI=1S/C29H33FN4O5S/c1-5-38-27(35)15-23(22-12-13-24-29(28(22)30)31-32-33(24)4)20-11-10-18(2)21(14-20)17-34-16-19(3)39-25-8-6-7-9-26(25)40(34,36)37/h6-14,19,23,36-37H,5,15-17H2,1-4H3. The molecule has 0 bridgehead atoms. The van der Waals surface area contributed by atoms with Gasteiger partial charge < -0.3 is 9.47 Å². The van der Waals surface area contributed by atoms with Crippen LogP contribution in [-0.2, 0) is 23.1 Å². The quantitative estimate of drug-likeness (QED) is 0.269. The Hall–Kier alpha value is -3.51. The van der Waals surface area contributed by atoms with Gasteiger partial charge >= 0.3 is 5.97 Å². The number of nitrogens with zero attached hydrogens (tertiary/aromatic N) is 4. The van der Waals surface area contributed by atoms with Crippen molar-refractivity contribution in [2.75, 3.05) is 13.2 Å². The summed E-state index contributed by atoms with van der Waals surface area (Å²) in [6, 6.07) is 16.0. The molecule has 11 heteroatoms. The first-order valence-corrected chi connectivity index (χ1v) is 14.6. The molecule has 5 rings (SSSR count). The second kappa shape index (κ2) is 11.2. The van der Waals surface area contributed by atoms with Crippen LogP contribution < -0.4 is 4.74 Å². The third-order valence-electron chi connectivity index (χ3n) is 7.22. The molecule has 0 amide bonds. The summed E-state index contributed by atoms with van der Waals surface area (Å²) in [7, 11) is -1.66. The van der Waals surface area contributed by atoms with Gasteiger partial charge in [0.15, 0.2) is 5.82 Å². The maximum Gasteiger partial charge on any atom is 0.306 e. The molecule has 40 heavy (non-hydrogen) atoms. The van der Waals surface area contributed by atoms with Gasteiger partial charge in [-0.1, -0.05) is 41.6 Å². The molecule has 1 aliphatic heterocycles. The first-order chi connectivity index (χ1) is 19.1. The van der Waals surface area contributed by atoms with E-state index in [9.17, 15) is 13.9 Å². The number of rotatable bonds is 7. The van der Waals surface area contributed by atoms with E-state index in [2.05, 4.69) is 10.3 Å². The summed E-state index contributed by atoms with van der Waals surface area (Å²) in [5.74, 6) is -1.19. The summed E-state index contributed by atoms with van der Waals surface area (Å²) in [6.45, 7) is 6.25. The molecular formula is C29H33FN4O5S. The second-order valence-corrected chi connectivity index (χ2v) is 12.0. The molecule has 0 fully saturated rings. The number of aromatic nitrogens is 3. The van der Waals surface area contributed by atoms with Crippen molar-refractivity contribution in [3.63, 3.8) is 0 Å². The zero-order valence-electron chi connectivity index (χ0n) is 22.9. The van der Waals surface area contributed by atoms with E-state index in [0.717, 1.165) is 11.1 Å². The Morgan fingerprint density at radius 2 is 2.00 bits per heavy atom. The number of carbonyl (C=O) groups excluding carboxylic acids is 1. The van der Waals surface area contributed by atoms with Gasteiger partial charge in [0.2, 0.25) is 0 Å². The Morgan fingerprint density at radius 3 is 2.77 bits per heavy atom. The first kappa shape index (κ1) is 28.0. The van der Waals surface area contributed by atoms with Gasteiger partial charge in [0.25, 0.3) is 0 Å². The Morgan fingerprint density at radius 1 is 1.23 bits per heavy atom. The number of benzene rings is 3. The van der Waals surface area contributed by atoms with Crippen molar-refractivity contribution < 1.29 is 27.8 Å². The molecule has 2 unspecified atom stereocenters. The molecular weight excluding hydrogens is 535 g/mol. The molecule has 3 aromatic carbocycles. The van der Waals surface area contributed by atoms with Crippen molar-refractivity contribution >= 4 is 27.8 Å². The van der Waals surface area contributed by atoms with Gasteiger partial charge in [-0.25, -0.2) is 9.07 Å². The lowest BCUT2D eigenvalue weighted by Gasteiger charge is -2.42. The molecule has 2 N–H and O–H groups in total. The van der Waals surface area contributed by atoms with Crippen LogP contribution in [0.15, 0.2) is 59.5 Å². The number of aryl methyl sites for hydroxylation is 2. The van der Waals surface area contributed by atoms with Crippen LogP contribution in [0.2, 0.25) is 0 Å². The lowest BCUT2D eigenvalue weighted by molar-refractivity contribution is -0.143. The van der Waals surface area contributed by atoms with E-state index >= 15 is 4.39 Å². The number of para-hydroxylation sites is 1. The van der Waals surface area contributed by atoms with Crippen molar-refractivity contribution in [3.05, 3.63) is 82.7 Å². The summed E-state index contributed by atoms with van der Waals surface area (Å²) >= 11 is 0. The average Bonchev–Trinajstić information content (AvgIpc) is 3.26. The molecule has 2 atom stereocenters. The van der Waals surface area contributed by atoms with E-state index in [1.807, 2.05) is 32.0 Å². The first-order valence-electron chi connectivity index (χ1n) is 13.1. The fraction of sp³-hybridized carbons (Fsp3) is 0.345. The van der Waals surface area contributed by atoms with Gasteiger partial charge in [0.05, 0.1) is 25.1 Å². The Balaban J connectivity index is 1.55. The molecule has 4 aromatic rings. The van der Waals surface area contributed by atoms with Crippen LogP contribution in [0.4, 0.5) is 4.39 Å². The van der Waals surface area contributed by atoms with Gasteiger partial charge in [-0.05, 0) is 61.2 Å². The van der Waals surface area contributed by atoms with Gasteiger partial charge in [-0.3, -0.25) is 13.9 Å². The van der Waals surface area contributed by atoms with Crippen LogP contribution in [0.25, 0.3) is 11.0 Å². The molecule has 1 aromatic heterocycles. The second-order valence-electron chi connectivity index (χ2n) is 10.0. The monoisotopic (exact) mass is 568 g/mol. The highest BCUT2D eigenvalue weighted by Crippen LogP contribution is 2.57. The minimum atomic E-state index is -3.35. The molecule has 2 heterocycles. The molecule has 212 valence electrons. The zero-order chi connectivity index (χ0) is 28.6. The lowest BCUT2D eigenvalue weighted by Crippen LogP contribution is -2.33. The number of halogens is 1. The molecule has 9 nitrogen and oxygen atoms in total. The highest BCUT2D eigenvalue weighted by molar-refractivity contribution is 8.22. The highest BCUT2D eigenvalue weighted by Gasteiger charge is 2.34. The molecule has 1 aliphatic rings. The number of fused-ring (bicyclic) bond motifs is 2. The molecule has 0 saturated carbocycles. The summed E-state index contributed by atoms with van der Waals surface area (Å²) in [6.07, 6.45) is -0.362. The number of ether oxygens (including phenoxy) is 2. The average molecular weight is 569 g/mol. The Bertz CT molecular complexity index is 1560. The maximum absolute atomic E-state index is 15.8. The molecule has 0 saturated heterocycles. The van der Waals surface area contributed by atoms with Crippen LogP contribution in [0.1, 0.15) is 48.4 Å². The fourth-order valence-corrected chi connectivity index (χ4v) is 6.79. The fourth-order valence-electron chi connectivity index (χ4n) is 5.13. The van der Waals surface area contributed by atoms with Gasteiger partial charge in [-0.15, -0.1) is 15.9 Å². The summed E-state index contributed by atoms with van der Waals surface area (Å²) in [5.41, 5.74) is 3.43. The Kier molecular flexibility index (Phi) is 7.83. The van der Waals surface area contributed by atoms with Crippen LogP contribution in [0.3, 0.4) is 0 Å². The number of hydrogen-bond donors (Lipinski definition) is 2. The zero-order valence-corrected chi connectivity index (χ0v) is 23.7. The summed E-state index contributed by atoms with van der Waals surface area (Å²) in [5, 5.41) is 7.91. The summed E-state index contributed by atoms with van der Waals surface area (Å²) < 4.78 is 52.9. The number of esters is 1. The maximum atomic E-state index is 15.8. The van der Waals surface area contributed by atoms with Crippen LogP contribution in [0.5, 0.6) is 5.75 Å². The molecule has 0 aliphatic carbocycles. The van der Waals surface area contributed by atoms with Gasteiger partial charge in [0, 0.05) is 19.5 Å². The third-order valence-corrected chi connectivity index (χ3v) is 9.14. The van der Waals surface area contributed by atoms with Crippen molar-refractivity contribution in [1.82, 2.24) is 19.3 Å². The SMILES string of the molecule is CCOC(=O)CC(c1ccc(C)c(CN2CC(C)Oc3ccccc3S2(O)O)c1)c1ccc2c(nnn2C)c1F. The van der Waals surface area contributed by atoms with E-state index in [-0.39, 0.29) is 37.7 Å². The highest BCUT2D eigenvalue weighted by atomic mass is 32.3. The minimum Gasteiger partial charge on any atom is -0.487 e. The molecule has 0 spiro atoms. The van der Waals surface area contributed by atoms with E-state index < -0.39 is 28.5 Å². The van der Waals surface area contributed by atoms with Crippen molar-refractivity contribution in [2.45, 2.75) is 50.7 Å².